The number of ketones is 1. The van der Waals surface area contributed by atoms with Crippen LogP contribution in [-0.4, -0.2) is 10.8 Å². The first-order valence-corrected chi connectivity index (χ1v) is 11.9. The van der Waals surface area contributed by atoms with E-state index < -0.39 is 17.6 Å². The first-order valence-electron chi connectivity index (χ1n) is 11.5. The summed E-state index contributed by atoms with van der Waals surface area (Å²) >= 11 is 6.02. The summed E-state index contributed by atoms with van der Waals surface area (Å²) in [5.74, 6) is -1.86. The van der Waals surface area contributed by atoms with Gasteiger partial charge >= 0.3 is 0 Å². The minimum atomic E-state index is -0.692. The SMILES string of the molecule is O=C(CC1=CCc2ccc(F)cc21)CC(Cc1cc(F)cc(F)c1)c1ncoc1-c1ccc(Cl)cc1. The number of benzene rings is 3. The van der Waals surface area contributed by atoms with Gasteiger partial charge in [-0.3, -0.25) is 4.79 Å². The summed E-state index contributed by atoms with van der Waals surface area (Å²) < 4.78 is 47.3. The second-order valence-electron chi connectivity index (χ2n) is 8.91. The average molecular weight is 508 g/mol. The van der Waals surface area contributed by atoms with Crippen molar-refractivity contribution < 1.29 is 22.4 Å². The number of carbonyl (C=O) groups is 1. The molecule has 0 bridgehead atoms. The van der Waals surface area contributed by atoms with Crippen molar-refractivity contribution in [1.29, 1.82) is 0 Å². The topological polar surface area (TPSA) is 43.1 Å². The molecule has 1 unspecified atom stereocenters. The molecule has 3 nitrogen and oxygen atoms in total. The van der Waals surface area contributed by atoms with Gasteiger partial charge in [-0.15, -0.1) is 0 Å². The lowest BCUT2D eigenvalue weighted by atomic mass is 9.87. The molecule has 0 fully saturated rings. The van der Waals surface area contributed by atoms with E-state index in [-0.39, 0.29) is 30.9 Å². The van der Waals surface area contributed by atoms with Crippen LogP contribution in [0.15, 0.2) is 77.6 Å². The van der Waals surface area contributed by atoms with E-state index in [1.165, 1.54) is 30.7 Å². The monoisotopic (exact) mass is 507 g/mol. The summed E-state index contributed by atoms with van der Waals surface area (Å²) in [5, 5.41) is 0.559. The van der Waals surface area contributed by atoms with E-state index in [1.807, 2.05) is 6.08 Å². The van der Waals surface area contributed by atoms with Crippen LogP contribution in [0.2, 0.25) is 5.02 Å². The quantitative estimate of drug-likeness (QED) is 0.245. The zero-order valence-corrected chi connectivity index (χ0v) is 19.9. The summed E-state index contributed by atoms with van der Waals surface area (Å²) in [4.78, 5) is 17.6. The predicted octanol–water partition coefficient (Wildman–Crippen LogP) is 7.73. The van der Waals surface area contributed by atoms with Crippen LogP contribution in [-0.2, 0) is 17.6 Å². The van der Waals surface area contributed by atoms with Gasteiger partial charge in [-0.1, -0.05) is 23.7 Å². The smallest absolute Gasteiger partial charge is 0.181 e. The Morgan fingerprint density at radius 3 is 2.47 bits per heavy atom. The Balaban J connectivity index is 1.44. The average Bonchev–Trinajstić information content (AvgIpc) is 3.46. The molecule has 0 saturated carbocycles. The fourth-order valence-electron chi connectivity index (χ4n) is 4.74. The van der Waals surface area contributed by atoms with E-state index in [2.05, 4.69) is 4.98 Å². The van der Waals surface area contributed by atoms with Gasteiger partial charge in [0, 0.05) is 35.4 Å². The second kappa shape index (κ2) is 10.2. The maximum Gasteiger partial charge on any atom is 0.181 e. The number of halogens is 4. The molecule has 1 aromatic heterocycles. The van der Waals surface area contributed by atoms with Crippen molar-refractivity contribution in [3.8, 4) is 11.3 Å². The van der Waals surface area contributed by atoms with Crippen LogP contribution < -0.4 is 0 Å². The molecule has 0 radical (unpaired) electrons. The fourth-order valence-corrected chi connectivity index (χ4v) is 4.86. The summed E-state index contributed by atoms with van der Waals surface area (Å²) in [7, 11) is 0. The van der Waals surface area contributed by atoms with Gasteiger partial charge in [0.15, 0.2) is 12.2 Å². The molecule has 0 spiro atoms. The zero-order valence-electron chi connectivity index (χ0n) is 19.1. The maximum absolute atomic E-state index is 13.9. The Kier molecular flexibility index (Phi) is 6.79. The van der Waals surface area contributed by atoms with Crippen molar-refractivity contribution in [1.82, 2.24) is 4.98 Å². The molecule has 0 saturated heterocycles. The van der Waals surface area contributed by atoms with Crippen LogP contribution >= 0.6 is 11.6 Å². The maximum atomic E-state index is 13.9. The van der Waals surface area contributed by atoms with Gasteiger partial charge in [0.1, 0.15) is 23.2 Å². The predicted molar refractivity (Wildman–Crippen MR) is 132 cm³/mol. The minimum Gasteiger partial charge on any atom is -0.443 e. The van der Waals surface area contributed by atoms with Gasteiger partial charge in [-0.25, -0.2) is 18.2 Å². The summed E-state index contributed by atoms with van der Waals surface area (Å²) in [5.41, 5.74) is 4.15. The van der Waals surface area contributed by atoms with Crippen molar-refractivity contribution in [2.45, 2.75) is 31.6 Å². The molecule has 0 aliphatic heterocycles. The highest BCUT2D eigenvalue weighted by Crippen LogP contribution is 2.36. The van der Waals surface area contributed by atoms with Crippen LogP contribution in [0, 0.1) is 17.5 Å². The van der Waals surface area contributed by atoms with Gasteiger partial charge in [0.05, 0.1) is 5.69 Å². The second-order valence-corrected chi connectivity index (χ2v) is 9.34. The van der Waals surface area contributed by atoms with Crippen LogP contribution in [0.3, 0.4) is 0 Å². The Labute approximate surface area is 211 Å². The molecular formula is C29H21ClF3NO2. The summed E-state index contributed by atoms with van der Waals surface area (Å²) in [6.45, 7) is 0. The number of hydrogen-bond acceptors (Lipinski definition) is 3. The molecule has 1 atom stereocenters. The van der Waals surface area contributed by atoms with Crippen molar-refractivity contribution in [3.05, 3.63) is 118 Å². The lowest BCUT2D eigenvalue weighted by molar-refractivity contribution is -0.118. The van der Waals surface area contributed by atoms with Gasteiger partial charge in [0.25, 0.3) is 0 Å². The van der Waals surface area contributed by atoms with Crippen molar-refractivity contribution in [2.24, 2.45) is 0 Å². The number of fused-ring (bicyclic) bond motifs is 1. The van der Waals surface area contributed by atoms with Crippen molar-refractivity contribution >= 4 is 23.0 Å². The molecule has 4 aromatic rings. The molecule has 3 aromatic carbocycles. The lowest BCUT2D eigenvalue weighted by Crippen LogP contribution is -2.12. The largest absolute Gasteiger partial charge is 0.443 e. The molecule has 5 rings (SSSR count). The zero-order chi connectivity index (χ0) is 25.2. The molecule has 1 heterocycles. The lowest BCUT2D eigenvalue weighted by Gasteiger charge is -2.17. The van der Waals surface area contributed by atoms with Crippen LogP contribution in [0.5, 0.6) is 0 Å². The highest BCUT2D eigenvalue weighted by molar-refractivity contribution is 6.30. The van der Waals surface area contributed by atoms with E-state index in [9.17, 15) is 18.0 Å². The highest BCUT2D eigenvalue weighted by Gasteiger charge is 2.26. The molecule has 0 N–H and O–H groups in total. The van der Waals surface area contributed by atoms with Gasteiger partial charge < -0.3 is 4.42 Å². The fraction of sp³-hybridized carbons (Fsp3) is 0.172. The van der Waals surface area contributed by atoms with Crippen LogP contribution in [0.4, 0.5) is 13.2 Å². The highest BCUT2D eigenvalue weighted by atomic mass is 35.5. The van der Waals surface area contributed by atoms with Gasteiger partial charge in [-0.2, -0.15) is 0 Å². The third kappa shape index (κ3) is 5.29. The van der Waals surface area contributed by atoms with E-state index in [4.69, 9.17) is 16.0 Å². The van der Waals surface area contributed by atoms with E-state index in [0.29, 0.717) is 28.5 Å². The Morgan fingerprint density at radius 1 is 0.972 bits per heavy atom. The molecule has 36 heavy (non-hydrogen) atoms. The number of oxazole rings is 1. The minimum absolute atomic E-state index is 0.0627. The Morgan fingerprint density at radius 2 is 1.72 bits per heavy atom. The summed E-state index contributed by atoms with van der Waals surface area (Å²) in [6.07, 6.45) is 4.24. The van der Waals surface area contributed by atoms with Crippen molar-refractivity contribution in [2.75, 3.05) is 0 Å². The number of carbonyl (C=O) groups excluding carboxylic acids is 1. The third-order valence-electron chi connectivity index (χ3n) is 6.34. The normalized spacial score (nSPS) is 13.4. The number of hydrogen-bond donors (Lipinski definition) is 0. The number of rotatable bonds is 8. The molecule has 7 heteroatoms. The van der Waals surface area contributed by atoms with Gasteiger partial charge in [-0.05, 0) is 83.6 Å². The van der Waals surface area contributed by atoms with Crippen LogP contribution in [0.25, 0.3) is 16.9 Å². The van der Waals surface area contributed by atoms with E-state index in [0.717, 1.165) is 28.3 Å². The summed E-state index contributed by atoms with van der Waals surface area (Å²) in [6, 6.07) is 14.9. The van der Waals surface area contributed by atoms with E-state index >= 15 is 0 Å². The van der Waals surface area contributed by atoms with E-state index in [1.54, 1.807) is 30.3 Å². The van der Waals surface area contributed by atoms with Crippen molar-refractivity contribution in [3.63, 3.8) is 0 Å². The number of aromatic nitrogens is 1. The molecule has 0 amide bonds. The number of nitrogens with zero attached hydrogens (tertiary/aromatic N) is 1. The molecule has 182 valence electrons. The van der Waals surface area contributed by atoms with Crippen LogP contribution in [0.1, 0.15) is 41.1 Å². The first-order chi connectivity index (χ1) is 17.4. The molecule has 1 aliphatic rings. The number of Topliss-reactive ketones (excluding diaryl/α,β-unsaturated/α-hetero) is 1. The third-order valence-corrected chi connectivity index (χ3v) is 6.59. The van der Waals surface area contributed by atoms with Gasteiger partial charge in [0.2, 0.25) is 0 Å². The first kappa shape index (κ1) is 24.1. The molecule has 1 aliphatic carbocycles. The number of allylic oxidation sites excluding steroid dienone is 2. The Bertz CT molecular complexity index is 1440. The Hall–Kier alpha value is -3.64. The standard InChI is InChI=1S/C29H21ClF3NO2/c30-22-6-3-19(4-7-22)29-28(34-16-36-29)21(9-17-10-24(32)14-25(33)11-17)13-26(35)12-20-2-1-18-5-8-23(31)15-27(18)20/h2-8,10-11,14-16,21H,1,9,12-13H2. The molecular weight excluding hydrogens is 487 g/mol.